The number of ether oxygens (including phenoxy) is 1. The van der Waals surface area contributed by atoms with Gasteiger partial charge < -0.3 is 30.5 Å². The molecule has 4 rings (SSSR count). The van der Waals surface area contributed by atoms with Crippen molar-refractivity contribution in [3.8, 4) is 5.75 Å². The minimum Gasteiger partial charge on any atom is -0.507 e. The molecule has 1 unspecified atom stereocenters. The van der Waals surface area contributed by atoms with Crippen LogP contribution in [0.2, 0.25) is 0 Å². The summed E-state index contributed by atoms with van der Waals surface area (Å²) < 4.78 is 7.08. The Kier molecular flexibility index (Phi) is 5.09. The van der Waals surface area contributed by atoms with Crippen LogP contribution in [0.25, 0.3) is 11.2 Å². The topological polar surface area (TPSA) is 146 Å². The molecule has 10 heteroatoms. The predicted octanol–water partition coefficient (Wildman–Crippen LogP) is 0.372. The molecule has 10 nitrogen and oxygen atoms in total. The SMILES string of the molecule is Cc1cc(CNc2ncnc3c2ncn3C2O[C@H](CO)[C@@H](O)[C@H]2O)cc(C)c1O. The van der Waals surface area contributed by atoms with Crippen molar-refractivity contribution < 1.29 is 25.2 Å². The maximum absolute atomic E-state index is 10.3. The number of aromatic hydroxyl groups is 1. The highest BCUT2D eigenvalue weighted by Crippen LogP contribution is 2.32. The second-order valence-electron chi connectivity index (χ2n) is 7.21. The van der Waals surface area contributed by atoms with Gasteiger partial charge in [0.1, 0.15) is 30.4 Å². The van der Waals surface area contributed by atoms with Crippen LogP contribution >= 0.6 is 0 Å². The third-order valence-electron chi connectivity index (χ3n) is 5.16. The number of fused-ring (bicyclic) bond motifs is 1. The van der Waals surface area contributed by atoms with Crippen LogP contribution in [0.15, 0.2) is 24.8 Å². The number of rotatable bonds is 5. The maximum atomic E-state index is 10.3. The largest absolute Gasteiger partial charge is 0.507 e. The maximum Gasteiger partial charge on any atom is 0.167 e. The van der Waals surface area contributed by atoms with E-state index in [0.717, 1.165) is 16.7 Å². The second-order valence-corrected chi connectivity index (χ2v) is 7.21. The molecule has 4 atom stereocenters. The third kappa shape index (κ3) is 3.40. The first-order valence-electron chi connectivity index (χ1n) is 9.23. The van der Waals surface area contributed by atoms with Gasteiger partial charge in [-0.3, -0.25) is 4.57 Å². The summed E-state index contributed by atoms with van der Waals surface area (Å²) >= 11 is 0. The molecule has 154 valence electrons. The van der Waals surface area contributed by atoms with E-state index in [4.69, 9.17) is 4.74 Å². The van der Waals surface area contributed by atoms with Gasteiger partial charge in [-0.2, -0.15) is 0 Å². The molecule has 1 aliphatic heterocycles. The van der Waals surface area contributed by atoms with Gasteiger partial charge in [-0.15, -0.1) is 0 Å². The molecule has 1 saturated heterocycles. The number of anilines is 1. The quantitative estimate of drug-likeness (QED) is 0.409. The van der Waals surface area contributed by atoms with E-state index in [1.807, 2.05) is 26.0 Å². The molecule has 0 saturated carbocycles. The minimum atomic E-state index is -1.22. The van der Waals surface area contributed by atoms with Crippen molar-refractivity contribution in [1.82, 2.24) is 19.5 Å². The van der Waals surface area contributed by atoms with Gasteiger partial charge in [0.05, 0.1) is 12.9 Å². The smallest absolute Gasteiger partial charge is 0.167 e. The van der Waals surface area contributed by atoms with Gasteiger partial charge in [0.2, 0.25) is 0 Å². The Balaban J connectivity index is 1.60. The molecule has 0 bridgehead atoms. The molecule has 29 heavy (non-hydrogen) atoms. The van der Waals surface area contributed by atoms with Crippen LogP contribution in [0.1, 0.15) is 22.9 Å². The summed E-state index contributed by atoms with van der Waals surface area (Å²) in [6.07, 6.45) is -1.40. The Bertz CT molecular complexity index is 1020. The van der Waals surface area contributed by atoms with Gasteiger partial charge in [0.25, 0.3) is 0 Å². The molecule has 0 spiro atoms. The fourth-order valence-electron chi connectivity index (χ4n) is 3.61. The number of aliphatic hydroxyl groups is 3. The molecule has 0 radical (unpaired) electrons. The average Bonchev–Trinajstić information content (AvgIpc) is 3.26. The first-order valence-corrected chi connectivity index (χ1v) is 9.23. The lowest BCUT2D eigenvalue weighted by Crippen LogP contribution is -2.33. The standard InChI is InChI=1S/C19H23N5O5/c1-9-3-11(4-10(2)14(9)26)5-20-17-13-18(22-7-21-17)24(8-23-13)19-16(28)15(27)12(6-25)29-19/h3-4,7-8,12,15-16,19,25-28H,5-6H2,1-2H3,(H,20,21,22)/t12-,15-,16-,19?/m1/s1. The number of hydrogen-bond acceptors (Lipinski definition) is 9. The van der Waals surface area contributed by atoms with Crippen molar-refractivity contribution >= 4 is 17.0 Å². The van der Waals surface area contributed by atoms with E-state index in [1.54, 1.807) is 0 Å². The molecule has 0 aliphatic carbocycles. The number of nitrogens with zero attached hydrogens (tertiary/aromatic N) is 4. The lowest BCUT2D eigenvalue weighted by Gasteiger charge is -2.16. The molecule has 3 heterocycles. The first kappa shape index (κ1) is 19.5. The average molecular weight is 401 g/mol. The number of nitrogens with one attached hydrogen (secondary N) is 1. The zero-order valence-electron chi connectivity index (χ0n) is 16.0. The van der Waals surface area contributed by atoms with Crippen LogP contribution < -0.4 is 5.32 Å². The number of imidazole rings is 1. The van der Waals surface area contributed by atoms with Crippen LogP contribution in [-0.2, 0) is 11.3 Å². The van der Waals surface area contributed by atoms with E-state index < -0.39 is 31.1 Å². The molecule has 0 amide bonds. The predicted molar refractivity (Wildman–Crippen MR) is 103 cm³/mol. The van der Waals surface area contributed by atoms with Crippen molar-refractivity contribution in [3.05, 3.63) is 41.5 Å². The summed E-state index contributed by atoms with van der Waals surface area (Å²) in [6, 6.07) is 3.79. The van der Waals surface area contributed by atoms with E-state index in [-0.39, 0.29) is 5.75 Å². The normalized spacial score (nSPS) is 24.3. The van der Waals surface area contributed by atoms with Gasteiger partial charge in [0.15, 0.2) is 23.2 Å². The Morgan fingerprint density at radius 2 is 1.83 bits per heavy atom. The summed E-state index contributed by atoms with van der Waals surface area (Å²) in [5, 5.41) is 42.7. The monoisotopic (exact) mass is 401 g/mol. The Morgan fingerprint density at radius 1 is 1.10 bits per heavy atom. The van der Waals surface area contributed by atoms with Crippen molar-refractivity contribution in [2.24, 2.45) is 0 Å². The summed E-state index contributed by atoms with van der Waals surface area (Å²) in [5.41, 5.74) is 3.48. The molecule has 2 aromatic heterocycles. The van der Waals surface area contributed by atoms with Crippen molar-refractivity contribution in [2.45, 2.75) is 44.9 Å². The van der Waals surface area contributed by atoms with E-state index in [0.29, 0.717) is 23.5 Å². The van der Waals surface area contributed by atoms with E-state index >= 15 is 0 Å². The van der Waals surface area contributed by atoms with E-state index in [1.165, 1.54) is 17.2 Å². The second kappa shape index (κ2) is 7.56. The van der Waals surface area contributed by atoms with Gasteiger partial charge in [-0.1, -0.05) is 12.1 Å². The van der Waals surface area contributed by atoms with Gasteiger partial charge in [-0.05, 0) is 30.5 Å². The van der Waals surface area contributed by atoms with Crippen LogP contribution in [0.3, 0.4) is 0 Å². The number of benzene rings is 1. The Morgan fingerprint density at radius 3 is 2.48 bits per heavy atom. The molecule has 1 aromatic carbocycles. The minimum absolute atomic E-state index is 0.287. The molecule has 5 N–H and O–H groups in total. The summed E-state index contributed by atoms with van der Waals surface area (Å²) in [7, 11) is 0. The zero-order chi connectivity index (χ0) is 20.7. The summed E-state index contributed by atoms with van der Waals surface area (Å²) in [4.78, 5) is 12.8. The number of aliphatic hydroxyl groups excluding tert-OH is 3. The van der Waals surface area contributed by atoms with Crippen molar-refractivity contribution in [1.29, 1.82) is 0 Å². The third-order valence-corrected chi connectivity index (χ3v) is 5.16. The van der Waals surface area contributed by atoms with Crippen molar-refractivity contribution in [2.75, 3.05) is 11.9 Å². The fraction of sp³-hybridized carbons (Fsp3) is 0.421. The Labute approximate surface area is 166 Å². The molecular formula is C19H23N5O5. The number of aryl methyl sites for hydroxylation is 2. The first-order chi connectivity index (χ1) is 13.9. The van der Waals surface area contributed by atoms with Crippen LogP contribution in [0, 0.1) is 13.8 Å². The van der Waals surface area contributed by atoms with Crippen LogP contribution in [-0.4, -0.2) is 64.9 Å². The molecule has 3 aromatic rings. The number of phenolic OH excluding ortho intramolecular Hbond substituents is 1. The number of hydrogen-bond donors (Lipinski definition) is 5. The summed E-state index contributed by atoms with van der Waals surface area (Å²) in [6.45, 7) is 3.75. The van der Waals surface area contributed by atoms with Crippen LogP contribution in [0.4, 0.5) is 5.82 Å². The zero-order valence-corrected chi connectivity index (χ0v) is 16.0. The van der Waals surface area contributed by atoms with Crippen molar-refractivity contribution in [3.63, 3.8) is 0 Å². The van der Waals surface area contributed by atoms with E-state index in [9.17, 15) is 20.4 Å². The molecule has 1 aliphatic rings. The summed E-state index contributed by atoms with van der Waals surface area (Å²) in [5.74, 6) is 0.791. The number of phenols is 1. The number of aromatic nitrogens is 4. The highest BCUT2D eigenvalue weighted by atomic mass is 16.6. The highest BCUT2D eigenvalue weighted by molar-refractivity contribution is 5.82. The molecule has 1 fully saturated rings. The lowest BCUT2D eigenvalue weighted by atomic mass is 10.1. The van der Waals surface area contributed by atoms with Gasteiger partial charge in [0, 0.05) is 6.54 Å². The fourth-order valence-corrected chi connectivity index (χ4v) is 3.61. The Hall–Kier alpha value is -2.79. The van der Waals surface area contributed by atoms with Gasteiger partial charge >= 0.3 is 0 Å². The van der Waals surface area contributed by atoms with E-state index in [2.05, 4.69) is 20.3 Å². The lowest BCUT2D eigenvalue weighted by molar-refractivity contribution is -0.0511. The van der Waals surface area contributed by atoms with Gasteiger partial charge in [-0.25, -0.2) is 15.0 Å². The van der Waals surface area contributed by atoms with Crippen LogP contribution in [0.5, 0.6) is 5.75 Å². The molecular weight excluding hydrogens is 378 g/mol. The highest BCUT2D eigenvalue weighted by Gasteiger charge is 2.44.